The number of halogens is 1. The number of carbonyl (C=O) groups excluding carboxylic acids is 1. The normalized spacial score (nSPS) is 18.1. The second kappa shape index (κ2) is 10.7. The molecule has 1 unspecified atom stereocenters. The van der Waals surface area contributed by atoms with Crippen LogP contribution < -0.4 is 19.3 Å². The van der Waals surface area contributed by atoms with Gasteiger partial charge in [0, 0.05) is 29.5 Å². The molecule has 3 aromatic carbocycles. The number of fused-ring (bicyclic) bond motifs is 1. The van der Waals surface area contributed by atoms with Crippen LogP contribution in [0.3, 0.4) is 0 Å². The quantitative estimate of drug-likeness (QED) is 0.316. The van der Waals surface area contributed by atoms with Crippen molar-refractivity contribution in [2.45, 2.75) is 64.1 Å². The average Bonchev–Trinajstić information content (AvgIpc) is 2.87. The summed E-state index contributed by atoms with van der Waals surface area (Å²) in [4.78, 5) is 18.0. The van der Waals surface area contributed by atoms with Crippen molar-refractivity contribution in [2.75, 3.05) is 24.0 Å². The summed E-state index contributed by atoms with van der Waals surface area (Å²) in [6.07, 6.45) is 5.00. The predicted octanol–water partition coefficient (Wildman–Crippen LogP) is 7.19. The third-order valence-corrected chi connectivity index (χ3v) is 8.09. The zero-order chi connectivity index (χ0) is 26.1. The van der Waals surface area contributed by atoms with Crippen molar-refractivity contribution in [1.82, 2.24) is 0 Å². The van der Waals surface area contributed by atoms with Crippen LogP contribution in [-0.2, 0) is 11.2 Å². The van der Waals surface area contributed by atoms with Gasteiger partial charge in [-0.25, -0.2) is 0 Å². The summed E-state index contributed by atoms with van der Waals surface area (Å²) in [6, 6.07) is 20.5. The molecule has 0 spiro atoms. The highest BCUT2D eigenvalue weighted by Gasteiger charge is 2.36. The molecule has 5 rings (SSSR count). The number of ether oxygens (including phenoxy) is 2. The molecular formula is C31H35ClN2O3. The molecule has 0 radical (unpaired) electrons. The van der Waals surface area contributed by atoms with E-state index in [9.17, 15) is 4.79 Å². The summed E-state index contributed by atoms with van der Waals surface area (Å²) in [6.45, 7) is 4.14. The lowest BCUT2D eigenvalue weighted by molar-refractivity contribution is -0.118. The monoisotopic (exact) mass is 518 g/mol. The van der Waals surface area contributed by atoms with E-state index in [1.165, 1.54) is 24.9 Å². The van der Waals surface area contributed by atoms with Crippen molar-refractivity contribution < 1.29 is 14.3 Å². The van der Waals surface area contributed by atoms with Gasteiger partial charge in [0.15, 0.2) is 11.5 Å². The molecule has 1 fully saturated rings. The minimum atomic E-state index is -0.311. The molecular weight excluding hydrogens is 484 g/mol. The third-order valence-electron chi connectivity index (χ3n) is 7.84. The Morgan fingerprint density at radius 3 is 2.35 bits per heavy atom. The third kappa shape index (κ3) is 5.02. The number of nitrogens with zero attached hydrogens (tertiary/aromatic N) is 2. The van der Waals surface area contributed by atoms with Crippen LogP contribution in [0.1, 0.15) is 62.3 Å². The van der Waals surface area contributed by atoms with Crippen LogP contribution in [0.5, 0.6) is 11.5 Å². The molecule has 194 valence electrons. The highest BCUT2D eigenvalue weighted by atomic mass is 35.5. The molecule has 1 saturated carbocycles. The Morgan fingerprint density at radius 1 is 1.05 bits per heavy atom. The van der Waals surface area contributed by atoms with Crippen LogP contribution in [0.15, 0.2) is 60.7 Å². The molecule has 1 aliphatic heterocycles. The molecule has 0 saturated heterocycles. The number of rotatable bonds is 8. The highest BCUT2D eigenvalue weighted by molar-refractivity contribution is 6.30. The van der Waals surface area contributed by atoms with Gasteiger partial charge >= 0.3 is 0 Å². The predicted molar refractivity (Wildman–Crippen MR) is 150 cm³/mol. The minimum Gasteiger partial charge on any atom is -0.493 e. The van der Waals surface area contributed by atoms with Crippen molar-refractivity contribution in [1.29, 1.82) is 0 Å². The maximum Gasteiger partial charge on any atom is 0.232 e. The average molecular weight is 519 g/mol. The van der Waals surface area contributed by atoms with Gasteiger partial charge in [0.25, 0.3) is 0 Å². The molecule has 5 nitrogen and oxygen atoms in total. The Bertz CT molecular complexity index is 1250. The van der Waals surface area contributed by atoms with E-state index in [-0.39, 0.29) is 18.1 Å². The zero-order valence-corrected chi connectivity index (χ0v) is 22.8. The number of anilines is 2. The standard InChI is InChI=1S/C31H35ClN2O3/c1-5-20(2)37-29-19-27-22(17-28(29)36-4)18-30(35)34(31(27)21-9-11-23(32)12-10-21)26-15-13-25(14-16-26)33(3)24-7-6-8-24/h9-17,19-20,24,31H,5-8,18H2,1-4H3/t20-,31?/m1/s1. The molecule has 2 aliphatic rings. The van der Waals surface area contributed by atoms with Gasteiger partial charge in [0.05, 0.1) is 25.7 Å². The van der Waals surface area contributed by atoms with E-state index in [1.807, 2.05) is 42.2 Å². The maximum absolute atomic E-state index is 13.7. The van der Waals surface area contributed by atoms with Crippen LogP contribution in [0, 0.1) is 0 Å². The zero-order valence-electron chi connectivity index (χ0n) is 22.0. The van der Waals surface area contributed by atoms with E-state index in [0.29, 0.717) is 29.0 Å². The first-order chi connectivity index (χ1) is 17.9. The summed E-state index contributed by atoms with van der Waals surface area (Å²) >= 11 is 6.24. The Morgan fingerprint density at radius 2 is 1.76 bits per heavy atom. The molecule has 2 atom stereocenters. The molecule has 0 bridgehead atoms. The lowest BCUT2D eigenvalue weighted by Gasteiger charge is -2.39. The molecule has 0 aromatic heterocycles. The minimum absolute atomic E-state index is 0.0439. The van der Waals surface area contributed by atoms with E-state index in [1.54, 1.807) is 7.11 Å². The number of hydrogen-bond acceptors (Lipinski definition) is 4. The Kier molecular flexibility index (Phi) is 7.34. The molecule has 3 aromatic rings. The van der Waals surface area contributed by atoms with E-state index < -0.39 is 0 Å². The van der Waals surface area contributed by atoms with Crippen LogP contribution in [0.4, 0.5) is 11.4 Å². The molecule has 6 heteroatoms. The SMILES string of the molecule is CC[C@@H](C)Oc1cc2c(cc1OC)CC(=O)N(c1ccc(N(C)C3CCC3)cc1)C2c1ccc(Cl)cc1. The van der Waals surface area contributed by atoms with Gasteiger partial charge in [-0.05, 0) is 97.8 Å². The lowest BCUT2D eigenvalue weighted by Crippen LogP contribution is -2.41. The Balaban J connectivity index is 1.59. The smallest absolute Gasteiger partial charge is 0.232 e. The summed E-state index contributed by atoms with van der Waals surface area (Å²) in [5, 5.41) is 0.663. The van der Waals surface area contributed by atoms with Crippen LogP contribution in [0.2, 0.25) is 5.02 Å². The van der Waals surface area contributed by atoms with Gasteiger partial charge in [-0.3, -0.25) is 4.79 Å². The molecule has 1 amide bonds. The first kappa shape index (κ1) is 25.5. The van der Waals surface area contributed by atoms with Crippen molar-refractivity contribution in [2.24, 2.45) is 0 Å². The number of amides is 1. The summed E-state index contributed by atoms with van der Waals surface area (Å²) < 4.78 is 11.9. The fourth-order valence-corrected chi connectivity index (χ4v) is 5.33. The van der Waals surface area contributed by atoms with Gasteiger partial charge in [0.1, 0.15) is 0 Å². The van der Waals surface area contributed by atoms with Crippen LogP contribution in [-0.4, -0.2) is 32.2 Å². The van der Waals surface area contributed by atoms with E-state index in [4.69, 9.17) is 21.1 Å². The van der Waals surface area contributed by atoms with Crippen molar-refractivity contribution >= 4 is 28.9 Å². The van der Waals surface area contributed by atoms with Gasteiger partial charge < -0.3 is 19.3 Å². The largest absolute Gasteiger partial charge is 0.493 e. The second-order valence-electron chi connectivity index (χ2n) is 10.1. The summed E-state index contributed by atoms with van der Waals surface area (Å²) in [7, 11) is 3.80. The molecule has 0 N–H and O–H groups in total. The number of hydrogen-bond donors (Lipinski definition) is 0. The lowest BCUT2D eigenvalue weighted by atomic mass is 9.86. The molecule has 37 heavy (non-hydrogen) atoms. The van der Waals surface area contributed by atoms with Gasteiger partial charge in [0.2, 0.25) is 5.91 Å². The molecule has 1 aliphatic carbocycles. The fourth-order valence-electron chi connectivity index (χ4n) is 5.21. The first-order valence-electron chi connectivity index (χ1n) is 13.2. The van der Waals surface area contributed by atoms with Gasteiger partial charge in [-0.1, -0.05) is 30.7 Å². The van der Waals surface area contributed by atoms with Crippen LogP contribution in [0.25, 0.3) is 0 Å². The Hall–Kier alpha value is -3.18. The van der Waals surface area contributed by atoms with Crippen molar-refractivity contribution in [3.8, 4) is 11.5 Å². The fraction of sp³-hybridized carbons (Fsp3) is 0.387. The van der Waals surface area contributed by atoms with Crippen molar-refractivity contribution in [3.05, 3.63) is 82.4 Å². The number of benzene rings is 3. The number of carbonyl (C=O) groups is 1. The van der Waals surface area contributed by atoms with Crippen molar-refractivity contribution in [3.63, 3.8) is 0 Å². The second-order valence-corrected chi connectivity index (χ2v) is 10.6. The van der Waals surface area contributed by atoms with Crippen LogP contribution >= 0.6 is 11.6 Å². The molecule has 1 heterocycles. The summed E-state index contributed by atoms with van der Waals surface area (Å²) in [5.41, 5.74) is 5.04. The Labute approximate surface area is 224 Å². The highest BCUT2D eigenvalue weighted by Crippen LogP contribution is 2.44. The maximum atomic E-state index is 13.7. The van der Waals surface area contributed by atoms with Gasteiger partial charge in [-0.2, -0.15) is 0 Å². The number of methoxy groups -OCH3 is 1. The van der Waals surface area contributed by atoms with E-state index in [0.717, 1.165) is 28.8 Å². The summed E-state index contributed by atoms with van der Waals surface area (Å²) in [5.74, 6) is 1.39. The van der Waals surface area contributed by atoms with E-state index in [2.05, 4.69) is 49.2 Å². The van der Waals surface area contributed by atoms with Gasteiger partial charge in [-0.15, -0.1) is 0 Å². The first-order valence-corrected chi connectivity index (χ1v) is 13.5. The topological polar surface area (TPSA) is 42.0 Å². The van der Waals surface area contributed by atoms with E-state index >= 15 is 0 Å².